The lowest BCUT2D eigenvalue weighted by atomic mass is 9.98. The lowest BCUT2D eigenvalue weighted by Gasteiger charge is -2.37. The molecule has 1 aromatic rings. The number of nitrogens with one attached hydrogen (secondary N) is 1. The van der Waals surface area contributed by atoms with Crippen LogP contribution in [0.1, 0.15) is 57.6 Å². The van der Waals surface area contributed by atoms with Gasteiger partial charge in [-0.1, -0.05) is 26.8 Å². The van der Waals surface area contributed by atoms with Gasteiger partial charge >= 0.3 is 0 Å². The van der Waals surface area contributed by atoms with Gasteiger partial charge < -0.3 is 10.2 Å². The molecule has 2 rings (SSSR count). The first-order chi connectivity index (χ1) is 9.61. The van der Waals surface area contributed by atoms with Crippen LogP contribution in [0, 0.1) is 6.92 Å². The summed E-state index contributed by atoms with van der Waals surface area (Å²) in [6.45, 7) is 11.2. The molecule has 0 amide bonds. The van der Waals surface area contributed by atoms with Crippen LogP contribution in [0.25, 0.3) is 0 Å². The first-order valence-electron chi connectivity index (χ1n) is 8.21. The molecule has 20 heavy (non-hydrogen) atoms. The fourth-order valence-electron chi connectivity index (χ4n) is 3.14. The standard InChI is InChI=1S/C18H30N2/c1-5-17-8-6-7-11-20(17)18-10-9-16(15(4)12-18)13-19-14(2)3/h9-10,12,14,17,19H,5-8,11,13H2,1-4H3. The molecular weight excluding hydrogens is 244 g/mol. The lowest BCUT2D eigenvalue weighted by Crippen LogP contribution is -2.39. The fourth-order valence-corrected chi connectivity index (χ4v) is 3.14. The van der Waals surface area contributed by atoms with Gasteiger partial charge in [-0.15, -0.1) is 0 Å². The number of rotatable bonds is 5. The van der Waals surface area contributed by atoms with E-state index in [2.05, 4.69) is 56.1 Å². The number of hydrogen-bond acceptors (Lipinski definition) is 2. The predicted molar refractivity (Wildman–Crippen MR) is 88.4 cm³/mol. The van der Waals surface area contributed by atoms with Crippen molar-refractivity contribution in [3.8, 4) is 0 Å². The number of benzene rings is 1. The molecule has 1 fully saturated rings. The topological polar surface area (TPSA) is 15.3 Å². The van der Waals surface area contributed by atoms with E-state index in [0.717, 1.165) is 12.6 Å². The first-order valence-corrected chi connectivity index (χ1v) is 8.21. The summed E-state index contributed by atoms with van der Waals surface area (Å²) < 4.78 is 0. The van der Waals surface area contributed by atoms with Crippen molar-refractivity contribution in [2.75, 3.05) is 11.4 Å². The average Bonchev–Trinajstić information content (AvgIpc) is 2.45. The van der Waals surface area contributed by atoms with Crippen molar-refractivity contribution in [2.45, 2.75) is 72.0 Å². The maximum atomic E-state index is 3.51. The number of anilines is 1. The summed E-state index contributed by atoms with van der Waals surface area (Å²) in [7, 11) is 0. The van der Waals surface area contributed by atoms with Crippen LogP contribution in [0.3, 0.4) is 0 Å². The molecule has 112 valence electrons. The Morgan fingerprint density at radius 3 is 2.75 bits per heavy atom. The van der Waals surface area contributed by atoms with Crippen molar-refractivity contribution in [1.82, 2.24) is 5.32 Å². The number of nitrogens with zero attached hydrogens (tertiary/aromatic N) is 1. The van der Waals surface area contributed by atoms with Gasteiger partial charge in [-0.25, -0.2) is 0 Å². The summed E-state index contributed by atoms with van der Waals surface area (Å²) in [5.41, 5.74) is 4.26. The molecule has 0 radical (unpaired) electrons. The van der Waals surface area contributed by atoms with Crippen LogP contribution in [0.5, 0.6) is 0 Å². The van der Waals surface area contributed by atoms with Gasteiger partial charge in [-0.3, -0.25) is 0 Å². The van der Waals surface area contributed by atoms with Crippen LogP contribution in [0.4, 0.5) is 5.69 Å². The Bertz CT molecular complexity index is 425. The highest BCUT2D eigenvalue weighted by atomic mass is 15.2. The Morgan fingerprint density at radius 2 is 2.10 bits per heavy atom. The molecule has 1 aliphatic rings. The molecule has 1 saturated heterocycles. The maximum absolute atomic E-state index is 3.51. The highest BCUT2D eigenvalue weighted by Crippen LogP contribution is 2.28. The Balaban J connectivity index is 2.11. The summed E-state index contributed by atoms with van der Waals surface area (Å²) in [5, 5.41) is 3.51. The summed E-state index contributed by atoms with van der Waals surface area (Å²) in [5.74, 6) is 0. The minimum atomic E-state index is 0.542. The van der Waals surface area contributed by atoms with Crippen LogP contribution in [0.15, 0.2) is 18.2 Å². The Morgan fingerprint density at radius 1 is 1.30 bits per heavy atom. The molecule has 0 saturated carbocycles. The lowest BCUT2D eigenvalue weighted by molar-refractivity contribution is 0.450. The van der Waals surface area contributed by atoms with Crippen LogP contribution in [-0.4, -0.2) is 18.6 Å². The monoisotopic (exact) mass is 274 g/mol. The Hall–Kier alpha value is -1.02. The number of aryl methyl sites for hydroxylation is 1. The van der Waals surface area contributed by atoms with E-state index >= 15 is 0 Å². The van der Waals surface area contributed by atoms with Crippen molar-refractivity contribution in [1.29, 1.82) is 0 Å². The van der Waals surface area contributed by atoms with Crippen LogP contribution in [-0.2, 0) is 6.54 Å². The second kappa shape index (κ2) is 7.12. The summed E-state index contributed by atoms with van der Waals surface area (Å²) >= 11 is 0. The van der Waals surface area contributed by atoms with Crippen LogP contribution >= 0.6 is 0 Å². The van der Waals surface area contributed by atoms with E-state index in [1.165, 1.54) is 49.0 Å². The summed E-state index contributed by atoms with van der Waals surface area (Å²) in [6.07, 6.45) is 5.35. The maximum Gasteiger partial charge on any atom is 0.0371 e. The molecule has 1 unspecified atom stereocenters. The van der Waals surface area contributed by atoms with Gasteiger partial charge in [-0.05, 0) is 55.9 Å². The molecule has 2 nitrogen and oxygen atoms in total. The van der Waals surface area contributed by atoms with E-state index in [1.54, 1.807) is 0 Å². The highest BCUT2D eigenvalue weighted by molar-refractivity contribution is 5.52. The Labute approximate surface area is 124 Å². The third kappa shape index (κ3) is 3.76. The third-order valence-corrected chi connectivity index (χ3v) is 4.46. The van der Waals surface area contributed by atoms with E-state index in [-0.39, 0.29) is 0 Å². The largest absolute Gasteiger partial charge is 0.369 e. The molecule has 1 aromatic carbocycles. The van der Waals surface area contributed by atoms with Crippen molar-refractivity contribution >= 4 is 5.69 Å². The van der Waals surface area contributed by atoms with Gasteiger partial charge in [0.25, 0.3) is 0 Å². The predicted octanol–water partition coefficient (Wildman–Crippen LogP) is 4.26. The molecule has 2 heteroatoms. The van der Waals surface area contributed by atoms with Gasteiger partial charge in [-0.2, -0.15) is 0 Å². The van der Waals surface area contributed by atoms with Crippen molar-refractivity contribution in [3.05, 3.63) is 29.3 Å². The normalized spacial score (nSPS) is 19.6. The molecule has 1 heterocycles. The second-order valence-corrected chi connectivity index (χ2v) is 6.40. The zero-order valence-corrected chi connectivity index (χ0v) is 13.6. The van der Waals surface area contributed by atoms with Gasteiger partial charge in [0.1, 0.15) is 0 Å². The second-order valence-electron chi connectivity index (χ2n) is 6.40. The molecule has 0 aromatic heterocycles. The van der Waals surface area contributed by atoms with Gasteiger partial charge in [0.15, 0.2) is 0 Å². The van der Waals surface area contributed by atoms with Gasteiger partial charge in [0, 0.05) is 30.9 Å². The van der Waals surface area contributed by atoms with Crippen molar-refractivity contribution in [2.24, 2.45) is 0 Å². The van der Waals surface area contributed by atoms with Gasteiger partial charge in [0.2, 0.25) is 0 Å². The van der Waals surface area contributed by atoms with Crippen LogP contribution < -0.4 is 10.2 Å². The summed E-state index contributed by atoms with van der Waals surface area (Å²) in [4.78, 5) is 2.62. The molecule has 1 atom stereocenters. The molecule has 0 aliphatic carbocycles. The number of piperidine rings is 1. The molecule has 0 bridgehead atoms. The van der Waals surface area contributed by atoms with E-state index in [0.29, 0.717) is 6.04 Å². The van der Waals surface area contributed by atoms with E-state index in [4.69, 9.17) is 0 Å². The first kappa shape index (κ1) is 15.4. The van der Waals surface area contributed by atoms with Crippen molar-refractivity contribution < 1.29 is 0 Å². The minimum absolute atomic E-state index is 0.542. The van der Waals surface area contributed by atoms with Crippen molar-refractivity contribution in [3.63, 3.8) is 0 Å². The fraction of sp³-hybridized carbons (Fsp3) is 0.667. The number of hydrogen-bond donors (Lipinski definition) is 1. The quantitative estimate of drug-likeness (QED) is 0.863. The van der Waals surface area contributed by atoms with E-state index in [1.807, 2.05) is 0 Å². The Kier molecular flexibility index (Phi) is 5.47. The third-order valence-electron chi connectivity index (χ3n) is 4.46. The minimum Gasteiger partial charge on any atom is -0.369 e. The van der Waals surface area contributed by atoms with E-state index < -0.39 is 0 Å². The molecule has 1 N–H and O–H groups in total. The summed E-state index contributed by atoms with van der Waals surface area (Å²) in [6, 6.07) is 8.29. The zero-order valence-electron chi connectivity index (χ0n) is 13.6. The molecule has 1 aliphatic heterocycles. The van der Waals surface area contributed by atoms with E-state index in [9.17, 15) is 0 Å². The molecule has 0 spiro atoms. The highest BCUT2D eigenvalue weighted by Gasteiger charge is 2.21. The smallest absolute Gasteiger partial charge is 0.0371 e. The van der Waals surface area contributed by atoms with Crippen LogP contribution in [0.2, 0.25) is 0 Å². The SMILES string of the molecule is CCC1CCCCN1c1ccc(CNC(C)C)c(C)c1. The average molecular weight is 274 g/mol. The van der Waals surface area contributed by atoms with Gasteiger partial charge in [0.05, 0.1) is 0 Å². The zero-order chi connectivity index (χ0) is 14.5. The molecular formula is C18H30N2.